The van der Waals surface area contributed by atoms with E-state index < -0.39 is 5.41 Å². The molecule has 2 aromatic heterocycles. The lowest BCUT2D eigenvalue weighted by Gasteiger charge is -2.04. The number of anilines is 1. The Morgan fingerprint density at radius 1 is 1.33 bits per heavy atom. The van der Waals surface area contributed by atoms with Crippen LogP contribution in [0.15, 0.2) is 18.2 Å². The van der Waals surface area contributed by atoms with Crippen molar-refractivity contribution in [1.29, 1.82) is 0 Å². The summed E-state index contributed by atoms with van der Waals surface area (Å²) in [4.78, 5) is 12.1. The van der Waals surface area contributed by atoms with E-state index in [1.54, 1.807) is 10.9 Å². The van der Waals surface area contributed by atoms with E-state index in [1.165, 1.54) is 6.33 Å². The second-order valence-corrected chi connectivity index (χ2v) is 4.51. The van der Waals surface area contributed by atoms with Gasteiger partial charge in [0.1, 0.15) is 12.7 Å². The average Bonchev–Trinajstić information content (AvgIpc) is 2.93. The first-order valence-electron chi connectivity index (χ1n) is 5.56. The maximum absolute atomic E-state index is 9.24. The fourth-order valence-corrected chi connectivity index (χ4v) is 2.00. The van der Waals surface area contributed by atoms with Gasteiger partial charge in [0.05, 0.1) is 13.2 Å². The summed E-state index contributed by atoms with van der Waals surface area (Å²) in [6.07, 6.45) is 5.49. The maximum Gasteiger partial charge on any atom is 0.169 e. The van der Waals surface area contributed by atoms with Crippen molar-refractivity contribution in [2.45, 2.75) is 6.42 Å². The topological polar surface area (TPSA) is 110 Å². The highest BCUT2D eigenvalue weighted by Crippen LogP contribution is 2.51. The van der Waals surface area contributed by atoms with Gasteiger partial charge in [0.2, 0.25) is 0 Å². The molecule has 0 amide bonds. The number of rotatable bonds is 3. The molecule has 4 N–H and O–H groups in total. The first kappa shape index (κ1) is 11.1. The zero-order valence-electron chi connectivity index (χ0n) is 9.61. The Hall–Kier alpha value is -1.99. The molecule has 7 nitrogen and oxygen atoms in total. The van der Waals surface area contributed by atoms with Crippen molar-refractivity contribution >= 4 is 23.2 Å². The molecule has 1 aliphatic rings. The van der Waals surface area contributed by atoms with Crippen molar-refractivity contribution in [3.8, 4) is 0 Å². The molecule has 1 saturated carbocycles. The summed E-state index contributed by atoms with van der Waals surface area (Å²) in [6, 6.07) is 0. The number of hydrogen-bond donors (Lipinski definition) is 3. The molecule has 0 aromatic carbocycles. The summed E-state index contributed by atoms with van der Waals surface area (Å²) < 4.78 is 1.73. The van der Waals surface area contributed by atoms with Gasteiger partial charge in [-0.2, -0.15) is 0 Å². The second-order valence-electron chi connectivity index (χ2n) is 4.51. The Balaban J connectivity index is 2.03. The first-order chi connectivity index (χ1) is 8.70. The Kier molecular flexibility index (Phi) is 2.32. The molecule has 0 atom stereocenters. The molecule has 1 aliphatic carbocycles. The first-order valence-corrected chi connectivity index (χ1v) is 5.56. The molecule has 3 rings (SSSR count). The molecule has 1 fully saturated rings. The van der Waals surface area contributed by atoms with Gasteiger partial charge in [0, 0.05) is 11.6 Å². The third-order valence-corrected chi connectivity index (χ3v) is 3.37. The molecular weight excluding hydrogens is 234 g/mol. The quantitative estimate of drug-likeness (QED) is 0.682. The van der Waals surface area contributed by atoms with Crippen LogP contribution in [0.1, 0.15) is 6.42 Å². The minimum absolute atomic E-state index is 0.0565. The number of imidazole rings is 1. The number of fused-ring (bicyclic) bond motifs is 1. The van der Waals surface area contributed by atoms with Crippen molar-refractivity contribution in [3.63, 3.8) is 0 Å². The minimum atomic E-state index is -0.477. The molecule has 0 bridgehead atoms. The standard InChI is InChI=1S/C11H13N5O2/c12-9-8-10(14-5-13-9)16(6-15-8)2-7-1-11(7,3-17)4-18/h2,5-6,17-18H,1,3-4H2,(H2,12,13,14)/b7-2-. The van der Waals surface area contributed by atoms with E-state index in [2.05, 4.69) is 15.0 Å². The van der Waals surface area contributed by atoms with Gasteiger partial charge in [-0.15, -0.1) is 0 Å². The number of hydrogen-bond acceptors (Lipinski definition) is 6. The summed E-state index contributed by atoms with van der Waals surface area (Å²) in [5.74, 6) is 0.337. The van der Waals surface area contributed by atoms with Crippen LogP contribution >= 0.6 is 0 Å². The smallest absolute Gasteiger partial charge is 0.169 e. The van der Waals surface area contributed by atoms with Crippen LogP contribution in [0.5, 0.6) is 0 Å². The number of nitrogens with two attached hydrogens (primary N) is 1. The van der Waals surface area contributed by atoms with Crippen LogP contribution in [-0.2, 0) is 0 Å². The number of nitrogens with zero attached hydrogens (tertiary/aromatic N) is 4. The molecule has 0 radical (unpaired) electrons. The normalized spacial score (nSPS) is 19.6. The largest absolute Gasteiger partial charge is 0.395 e. The van der Waals surface area contributed by atoms with Crippen molar-refractivity contribution in [2.75, 3.05) is 18.9 Å². The number of aliphatic hydroxyl groups excluding tert-OH is 2. The average molecular weight is 247 g/mol. The van der Waals surface area contributed by atoms with Crippen molar-refractivity contribution < 1.29 is 10.2 Å². The van der Waals surface area contributed by atoms with Gasteiger partial charge in [-0.1, -0.05) is 0 Å². The SMILES string of the molecule is Nc1ncnc2c1ncn2/C=C1/CC1(CO)CO. The molecule has 18 heavy (non-hydrogen) atoms. The predicted molar refractivity (Wildman–Crippen MR) is 65.2 cm³/mol. The lowest BCUT2D eigenvalue weighted by molar-refractivity contribution is 0.143. The van der Waals surface area contributed by atoms with Crippen LogP contribution in [0, 0.1) is 5.41 Å². The minimum Gasteiger partial charge on any atom is -0.395 e. The summed E-state index contributed by atoms with van der Waals surface area (Å²) in [5.41, 5.74) is 7.36. The Bertz CT molecular complexity index is 629. The van der Waals surface area contributed by atoms with Crippen LogP contribution in [0.3, 0.4) is 0 Å². The van der Waals surface area contributed by atoms with Gasteiger partial charge in [-0.25, -0.2) is 15.0 Å². The Morgan fingerprint density at radius 2 is 2.11 bits per heavy atom. The summed E-state index contributed by atoms with van der Waals surface area (Å²) in [7, 11) is 0. The number of aliphatic hydroxyl groups is 2. The van der Waals surface area contributed by atoms with Crippen molar-refractivity contribution in [1.82, 2.24) is 19.5 Å². The molecule has 0 unspecified atom stereocenters. The highest BCUT2D eigenvalue weighted by Gasteiger charge is 2.48. The Labute approximate surface area is 103 Å². The molecule has 2 aromatic rings. The van der Waals surface area contributed by atoms with E-state index in [1.807, 2.05) is 6.20 Å². The van der Waals surface area contributed by atoms with E-state index >= 15 is 0 Å². The van der Waals surface area contributed by atoms with E-state index in [-0.39, 0.29) is 13.2 Å². The summed E-state index contributed by atoms with van der Waals surface area (Å²) in [5, 5.41) is 18.5. The van der Waals surface area contributed by atoms with E-state index in [4.69, 9.17) is 5.73 Å². The van der Waals surface area contributed by atoms with Gasteiger partial charge < -0.3 is 15.9 Å². The van der Waals surface area contributed by atoms with Crippen LogP contribution in [0.2, 0.25) is 0 Å². The van der Waals surface area contributed by atoms with Crippen LogP contribution < -0.4 is 5.73 Å². The van der Waals surface area contributed by atoms with Gasteiger partial charge in [-0.05, 0) is 12.0 Å². The van der Waals surface area contributed by atoms with Crippen molar-refractivity contribution in [3.05, 3.63) is 18.2 Å². The summed E-state index contributed by atoms with van der Waals surface area (Å²) in [6.45, 7) is -0.113. The predicted octanol–water partition coefficient (Wildman–Crippen LogP) is -0.376. The zero-order chi connectivity index (χ0) is 12.8. The van der Waals surface area contributed by atoms with E-state index in [0.717, 1.165) is 5.57 Å². The fourth-order valence-electron chi connectivity index (χ4n) is 2.00. The zero-order valence-corrected chi connectivity index (χ0v) is 9.61. The van der Waals surface area contributed by atoms with E-state index in [9.17, 15) is 10.2 Å². The lowest BCUT2D eigenvalue weighted by atomic mass is 10.1. The maximum atomic E-state index is 9.24. The molecule has 94 valence electrons. The highest BCUT2D eigenvalue weighted by molar-refractivity contribution is 5.82. The van der Waals surface area contributed by atoms with E-state index in [0.29, 0.717) is 23.4 Å². The lowest BCUT2D eigenvalue weighted by Crippen LogP contribution is -2.12. The second kappa shape index (κ2) is 3.76. The fraction of sp³-hybridized carbons (Fsp3) is 0.364. The Morgan fingerprint density at radius 3 is 2.78 bits per heavy atom. The molecule has 0 spiro atoms. The number of nitrogen functional groups attached to an aromatic ring is 1. The molecule has 7 heteroatoms. The number of aromatic nitrogens is 4. The summed E-state index contributed by atoms with van der Waals surface area (Å²) >= 11 is 0. The van der Waals surface area contributed by atoms with Gasteiger partial charge in [0.25, 0.3) is 0 Å². The molecule has 0 saturated heterocycles. The van der Waals surface area contributed by atoms with Crippen LogP contribution in [-0.4, -0.2) is 42.9 Å². The van der Waals surface area contributed by atoms with Gasteiger partial charge in [0.15, 0.2) is 17.0 Å². The van der Waals surface area contributed by atoms with Crippen molar-refractivity contribution in [2.24, 2.45) is 5.41 Å². The van der Waals surface area contributed by atoms with Gasteiger partial charge >= 0.3 is 0 Å². The molecule has 0 aliphatic heterocycles. The molecular formula is C11H13N5O2. The highest BCUT2D eigenvalue weighted by atomic mass is 16.3. The van der Waals surface area contributed by atoms with Gasteiger partial charge in [-0.3, -0.25) is 4.57 Å². The van der Waals surface area contributed by atoms with Crippen LogP contribution in [0.25, 0.3) is 17.4 Å². The van der Waals surface area contributed by atoms with Crippen LogP contribution in [0.4, 0.5) is 5.82 Å². The third-order valence-electron chi connectivity index (χ3n) is 3.37. The molecule has 2 heterocycles. The third kappa shape index (κ3) is 1.48. The monoisotopic (exact) mass is 247 g/mol.